The van der Waals surface area contributed by atoms with Gasteiger partial charge in [-0.3, -0.25) is 9.59 Å². The van der Waals surface area contributed by atoms with E-state index in [2.05, 4.69) is 10.3 Å². The van der Waals surface area contributed by atoms with Gasteiger partial charge < -0.3 is 10.6 Å². The van der Waals surface area contributed by atoms with Crippen LogP contribution in [0.3, 0.4) is 0 Å². The molecule has 5 nitrogen and oxygen atoms in total. The van der Waals surface area contributed by atoms with Gasteiger partial charge in [0.1, 0.15) is 5.82 Å². The van der Waals surface area contributed by atoms with Gasteiger partial charge in [-0.1, -0.05) is 36.4 Å². The van der Waals surface area contributed by atoms with Gasteiger partial charge in [0.25, 0.3) is 0 Å². The van der Waals surface area contributed by atoms with Gasteiger partial charge in [-0.2, -0.15) is 13.2 Å². The van der Waals surface area contributed by atoms with E-state index < -0.39 is 24.0 Å². The molecule has 0 aliphatic heterocycles. The van der Waals surface area contributed by atoms with Gasteiger partial charge in [0.2, 0.25) is 5.91 Å². The molecule has 0 saturated heterocycles. The van der Waals surface area contributed by atoms with Crippen LogP contribution in [-0.4, -0.2) is 23.0 Å². The van der Waals surface area contributed by atoms with Crippen LogP contribution in [0.2, 0.25) is 0 Å². The van der Waals surface area contributed by atoms with Crippen LogP contribution in [0, 0.1) is 0 Å². The Balaban J connectivity index is 2.11. The normalized spacial score (nSPS) is 12.3. The van der Waals surface area contributed by atoms with Gasteiger partial charge >= 0.3 is 12.1 Å². The second kappa shape index (κ2) is 7.58. The number of rotatable bonds is 5. The maximum absolute atomic E-state index is 12.5. The van der Waals surface area contributed by atoms with E-state index in [1.54, 1.807) is 36.4 Å². The summed E-state index contributed by atoms with van der Waals surface area (Å²) in [6.45, 7) is 0. The van der Waals surface area contributed by atoms with Crippen molar-refractivity contribution < 1.29 is 22.8 Å². The molecule has 0 bridgehead atoms. The highest BCUT2D eigenvalue weighted by molar-refractivity contribution is 5.91. The molecule has 0 aliphatic carbocycles. The number of pyridine rings is 1. The molecule has 24 heavy (non-hydrogen) atoms. The topological polar surface area (TPSA) is 71.1 Å². The highest BCUT2D eigenvalue weighted by Gasteiger charge is 2.40. The molecule has 0 fully saturated rings. The number of carbonyl (C=O) groups excluding carboxylic acids is 2. The van der Waals surface area contributed by atoms with E-state index in [-0.39, 0.29) is 12.2 Å². The monoisotopic (exact) mass is 337 g/mol. The Morgan fingerprint density at radius 3 is 2.29 bits per heavy atom. The molecule has 1 aromatic heterocycles. The zero-order valence-corrected chi connectivity index (χ0v) is 12.4. The minimum Gasteiger partial charge on any atom is -0.341 e. The van der Waals surface area contributed by atoms with Crippen LogP contribution < -0.4 is 10.6 Å². The highest BCUT2D eigenvalue weighted by atomic mass is 19.4. The lowest BCUT2D eigenvalue weighted by molar-refractivity contribution is -0.174. The molecule has 2 aromatic rings. The summed E-state index contributed by atoms with van der Waals surface area (Å²) in [4.78, 5) is 27.2. The van der Waals surface area contributed by atoms with Crippen molar-refractivity contribution in [2.45, 2.75) is 18.6 Å². The van der Waals surface area contributed by atoms with Crippen LogP contribution in [0.5, 0.6) is 0 Å². The first kappa shape index (κ1) is 17.5. The van der Waals surface area contributed by atoms with Crippen LogP contribution >= 0.6 is 0 Å². The molecule has 0 radical (unpaired) electrons. The molecule has 1 heterocycles. The molecule has 1 atom stereocenters. The number of anilines is 1. The first-order valence-corrected chi connectivity index (χ1v) is 7.00. The zero-order valence-electron chi connectivity index (χ0n) is 12.4. The fourth-order valence-corrected chi connectivity index (χ4v) is 1.99. The Morgan fingerprint density at radius 1 is 1.04 bits per heavy atom. The molecular formula is C16H14F3N3O2. The minimum atomic E-state index is -5.02. The maximum Gasteiger partial charge on any atom is 0.471 e. The molecule has 2 amide bonds. The predicted molar refractivity (Wildman–Crippen MR) is 80.9 cm³/mol. The molecule has 8 heteroatoms. The van der Waals surface area contributed by atoms with E-state index in [0.29, 0.717) is 5.56 Å². The van der Waals surface area contributed by atoms with Crippen LogP contribution in [-0.2, 0) is 9.59 Å². The number of nitrogens with one attached hydrogen (secondary N) is 2. The smallest absolute Gasteiger partial charge is 0.341 e. The van der Waals surface area contributed by atoms with Gasteiger partial charge in [0, 0.05) is 6.20 Å². The Morgan fingerprint density at radius 2 is 1.71 bits per heavy atom. The standard InChI is InChI=1S/C16H14F3N3O2/c17-16(18,19)15(24)21-12(11-6-2-1-3-7-11)10-14(23)22-13-8-4-5-9-20-13/h1-9,12H,10H2,(H,21,24)(H,20,22,23). The van der Waals surface area contributed by atoms with E-state index in [1.165, 1.54) is 18.3 Å². The number of aromatic nitrogens is 1. The quantitative estimate of drug-likeness (QED) is 0.881. The Labute approximate surface area is 135 Å². The summed E-state index contributed by atoms with van der Waals surface area (Å²) in [5, 5.41) is 4.32. The van der Waals surface area contributed by atoms with Crippen LogP contribution in [0.1, 0.15) is 18.0 Å². The van der Waals surface area contributed by atoms with Gasteiger partial charge in [0.05, 0.1) is 12.5 Å². The lowest BCUT2D eigenvalue weighted by Crippen LogP contribution is -2.40. The van der Waals surface area contributed by atoms with Crippen LogP contribution in [0.4, 0.5) is 19.0 Å². The summed E-state index contributed by atoms with van der Waals surface area (Å²) in [7, 11) is 0. The average Bonchev–Trinajstić information content (AvgIpc) is 2.55. The number of benzene rings is 1. The molecule has 126 valence electrons. The largest absolute Gasteiger partial charge is 0.471 e. The third-order valence-electron chi connectivity index (χ3n) is 3.09. The minimum absolute atomic E-state index is 0.274. The predicted octanol–water partition coefficient (Wildman–Crippen LogP) is 2.83. The van der Waals surface area contributed by atoms with Crippen LogP contribution in [0.15, 0.2) is 54.7 Å². The summed E-state index contributed by atoms with van der Waals surface area (Å²) in [5.41, 5.74) is 0.395. The van der Waals surface area contributed by atoms with Crippen molar-refractivity contribution >= 4 is 17.6 Å². The number of alkyl halides is 3. The molecule has 0 saturated carbocycles. The Kier molecular flexibility index (Phi) is 5.51. The van der Waals surface area contributed by atoms with E-state index in [9.17, 15) is 22.8 Å². The lowest BCUT2D eigenvalue weighted by Gasteiger charge is -2.19. The summed E-state index contributed by atoms with van der Waals surface area (Å²) in [5.74, 6) is -2.39. The van der Waals surface area contributed by atoms with Gasteiger partial charge in [0.15, 0.2) is 0 Å². The number of nitrogens with zero attached hydrogens (tertiary/aromatic N) is 1. The van der Waals surface area contributed by atoms with Crippen molar-refractivity contribution in [1.29, 1.82) is 0 Å². The fourth-order valence-electron chi connectivity index (χ4n) is 1.99. The Bertz CT molecular complexity index is 691. The number of amides is 2. The Hall–Kier alpha value is -2.90. The molecule has 1 unspecified atom stereocenters. The SMILES string of the molecule is O=C(CC(NC(=O)C(F)(F)F)c1ccccc1)Nc1ccccn1. The summed E-state index contributed by atoms with van der Waals surface area (Å²) in [6.07, 6.45) is -3.91. The van der Waals surface area contributed by atoms with Gasteiger partial charge in [-0.05, 0) is 17.7 Å². The molecule has 0 spiro atoms. The summed E-state index contributed by atoms with van der Waals surface area (Å²) in [6, 6.07) is 11.7. The third kappa shape index (κ3) is 5.08. The third-order valence-corrected chi connectivity index (χ3v) is 3.09. The first-order chi connectivity index (χ1) is 11.4. The number of hydrogen-bond acceptors (Lipinski definition) is 3. The first-order valence-electron chi connectivity index (χ1n) is 7.00. The fraction of sp³-hybridized carbons (Fsp3) is 0.188. The van der Waals surface area contributed by atoms with Crippen LogP contribution in [0.25, 0.3) is 0 Å². The number of carbonyl (C=O) groups is 2. The maximum atomic E-state index is 12.5. The van der Waals surface area contributed by atoms with Crippen molar-refractivity contribution in [2.24, 2.45) is 0 Å². The zero-order chi connectivity index (χ0) is 17.6. The molecule has 0 aliphatic rings. The van der Waals surface area contributed by atoms with E-state index in [1.807, 2.05) is 5.32 Å². The van der Waals surface area contributed by atoms with Crippen molar-refractivity contribution in [3.05, 3.63) is 60.3 Å². The lowest BCUT2D eigenvalue weighted by atomic mass is 10.0. The second-order valence-electron chi connectivity index (χ2n) is 4.90. The average molecular weight is 337 g/mol. The highest BCUT2D eigenvalue weighted by Crippen LogP contribution is 2.21. The molecule has 2 rings (SSSR count). The van der Waals surface area contributed by atoms with E-state index in [4.69, 9.17) is 0 Å². The summed E-state index contributed by atoms with van der Waals surface area (Å²) < 4.78 is 37.5. The van der Waals surface area contributed by atoms with E-state index in [0.717, 1.165) is 0 Å². The molecular weight excluding hydrogens is 323 g/mol. The summed E-state index contributed by atoms with van der Waals surface area (Å²) >= 11 is 0. The van der Waals surface area contributed by atoms with Crippen molar-refractivity contribution in [3.8, 4) is 0 Å². The van der Waals surface area contributed by atoms with Crippen molar-refractivity contribution in [2.75, 3.05) is 5.32 Å². The molecule has 1 aromatic carbocycles. The van der Waals surface area contributed by atoms with Gasteiger partial charge in [-0.15, -0.1) is 0 Å². The number of halogens is 3. The number of hydrogen-bond donors (Lipinski definition) is 2. The van der Waals surface area contributed by atoms with E-state index >= 15 is 0 Å². The van der Waals surface area contributed by atoms with Crippen molar-refractivity contribution in [3.63, 3.8) is 0 Å². The second-order valence-corrected chi connectivity index (χ2v) is 4.90. The van der Waals surface area contributed by atoms with Crippen molar-refractivity contribution in [1.82, 2.24) is 10.3 Å². The van der Waals surface area contributed by atoms with Gasteiger partial charge in [-0.25, -0.2) is 4.98 Å². The molecule has 2 N–H and O–H groups in total.